The molecule has 0 aliphatic heterocycles. The van der Waals surface area contributed by atoms with Crippen LogP contribution in [0.5, 0.6) is 0 Å². The molecule has 0 unspecified atom stereocenters. The molecule has 0 saturated heterocycles. The first kappa shape index (κ1) is 22.2. The van der Waals surface area contributed by atoms with Gasteiger partial charge in [0.15, 0.2) is 6.23 Å². The number of hydrogen-bond donors (Lipinski definition) is 0. The van der Waals surface area contributed by atoms with Gasteiger partial charge in [-0.25, -0.2) is 4.79 Å². The molecular weight excluding hydrogens is 324 g/mol. The summed E-state index contributed by atoms with van der Waals surface area (Å²) in [5, 5.41) is 0. The fraction of sp³-hybridized carbons (Fsp3) is 0.786. The van der Waals surface area contributed by atoms with Crippen LogP contribution in [0.3, 0.4) is 0 Å². The van der Waals surface area contributed by atoms with E-state index < -0.39 is 14.8 Å². The van der Waals surface area contributed by atoms with Crippen molar-refractivity contribution in [1.82, 2.24) is 0 Å². The fourth-order valence-corrected chi connectivity index (χ4v) is 3.36. The minimum atomic E-state index is -3.24. The van der Waals surface area contributed by atoms with Crippen LogP contribution in [0.15, 0.2) is 12.2 Å². The molecule has 0 aliphatic carbocycles. The monoisotopic (exact) mass is 352 g/mol. The van der Waals surface area contributed by atoms with Gasteiger partial charge in [0.25, 0.3) is 0 Å². The first-order valence-corrected chi connectivity index (χ1v) is 9.16. The summed E-state index contributed by atoms with van der Waals surface area (Å²) in [5.74, 6) is -0.525. The Morgan fingerprint density at radius 2 is 1.22 bits per heavy atom. The van der Waals surface area contributed by atoms with Gasteiger partial charge in [-0.05, 0) is 6.92 Å². The van der Waals surface area contributed by atoms with Crippen molar-refractivity contribution in [1.29, 1.82) is 0 Å². The molecule has 0 spiro atoms. The summed E-state index contributed by atoms with van der Waals surface area (Å²) in [5.41, 5.74) is 0.290. The zero-order valence-corrected chi connectivity index (χ0v) is 15.4. The highest BCUT2D eigenvalue weighted by Crippen LogP contribution is 2.12. The Labute approximate surface area is 139 Å². The second-order valence-corrected chi connectivity index (χ2v) is 7.08. The van der Waals surface area contributed by atoms with Crippen LogP contribution >= 0.6 is 0 Å². The van der Waals surface area contributed by atoms with Gasteiger partial charge < -0.3 is 32.2 Å². The Morgan fingerprint density at radius 3 is 1.52 bits per heavy atom. The van der Waals surface area contributed by atoms with Crippen LogP contribution in [0.1, 0.15) is 6.92 Å². The lowest BCUT2D eigenvalue weighted by molar-refractivity contribution is -0.139. The summed E-state index contributed by atoms with van der Waals surface area (Å²) in [7, 11) is 1.44. The van der Waals surface area contributed by atoms with Gasteiger partial charge in [-0.1, -0.05) is 6.58 Å². The normalized spacial score (nSPS) is 11.5. The number of methoxy groups -OCH3 is 3. The van der Waals surface area contributed by atoms with Gasteiger partial charge in [-0.2, -0.15) is 0 Å². The van der Waals surface area contributed by atoms with Crippen molar-refractivity contribution >= 4 is 14.8 Å². The van der Waals surface area contributed by atoms with E-state index in [1.54, 1.807) is 28.3 Å². The predicted octanol–water partition coefficient (Wildman–Crippen LogP) is 0.573. The second-order valence-electron chi connectivity index (χ2n) is 4.56. The number of hydrogen-bond acceptors (Lipinski definition) is 8. The first-order chi connectivity index (χ1) is 11.0. The van der Waals surface area contributed by atoms with Gasteiger partial charge in [-0.15, -0.1) is 0 Å². The molecule has 0 atom stereocenters. The fourth-order valence-electron chi connectivity index (χ4n) is 1.37. The third-order valence-electron chi connectivity index (χ3n) is 2.56. The lowest BCUT2D eigenvalue weighted by Crippen LogP contribution is -2.53. The van der Waals surface area contributed by atoms with Crippen molar-refractivity contribution in [3.63, 3.8) is 0 Å². The maximum absolute atomic E-state index is 11.6. The summed E-state index contributed by atoms with van der Waals surface area (Å²) in [4.78, 5) is 11.6. The molecule has 0 heterocycles. The van der Waals surface area contributed by atoms with E-state index in [1.165, 1.54) is 0 Å². The van der Waals surface area contributed by atoms with Gasteiger partial charge in [0.05, 0.1) is 39.6 Å². The molecule has 0 radical (unpaired) electrons. The van der Waals surface area contributed by atoms with Crippen molar-refractivity contribution in [2.45, 2.75) is 6.92 Å². The summed E-state index contributed by atoms with van der Waals surface area (Å²) in [6.45, 7) is 6.97. The van der Waals surface area contributed by atoms with E-state index in [-0.39, 0.29) is 26.1 Å². The Balaban J connectivity index is 4.84. The average molecular weight is 352 g/mol. The van der Waals surface area contributed by atoms with E-state index >= 15 is 0 Å². The molecule has 136 valence electrons. The maximum atomic E-state index is 11.6. The number of ether oxygens (including phenoxy) is 4. The zero-order valence-electron chi connectivity index (χ0n) is 14.4. The molecule has 0 bridgehead atoms. The third kappa shape index (κ3) is 10.6. The summed E-state index contributed by atoms with van der Waals surface area (Å²) >= 11 is 0. The van der Waals surface area contributed by atoms with Crippen LogP contribution < -0.4 is 0 Å². The second kappa shape index (κ2) is 13.6. The molecule has 0 saturated carbocycles. The van der Waals surface area contributed by atoms with E-state index in [0.717, 1.165) is 0 Å². The lowest BCUT2D eigenvalue weighted by Gasteiger charge is -2.29. The van der Waals surface area contributed by atoms with E-state index in [1.807, 2.05) is 0 Å². The minimum Gasteiger partial charge on any atom is -0.458 e. The van der Waals surface area contributed by atoms with Gasteiger partial charge in [0.1, 0.15) is 0 Å². The Kier molecular flexibility index (Phi) is 13.1. The van der Waals surface area contributed by atoms with Crippen LogP contribution in [-0.4, -0.2) is 82.0 Å². The molecule has 0 aromatic carbocycles. The highest BCUT2D eigenvalue weighted by molar-refractivity contribution is 6.60. The van der Waals surface area contributed by atoms with Gasteiger partial charge in [0.2, 0.25) is 0 Å². The van der Waals surface area contributed by atoms with Crippen LogP contribution in [0.25, 0.3) is 0 Å². The van der Waals surface area contributed by atoms with Crippen LogP contribution in [-0.2, 0) is 37.0 Å². The largest absolute Gasteiger partial charge is 0.541 e. The molecule has 0 fully saturated rings. The Hall–Kier alpha value is -0.813. The van der Waals surface area contributed by atoms with Crippen LogP contribution in [0.4, 0.5) is 0 Å². The molecule has 0 aromatic rings. The van der Waals surface area contributed by atoms with Gasteiger partial charge in [-0.3, -0.25) is 0 Å². The quantitative estimate of drug-likeness (QED) is 0.183. The predicted molar refractivity (Wildman–Crippen MR) is 85.0 cm³/mol. The molecule has 9 heteroatoms. The van der Waals surface area contributed by atoms with E-state index in [0.29, 0.717) is 25.4 Å². The molecule has 0 aromatic heterocycles. The Bertz CT molecular complexity index is 310. The number of carbonyl (C=O) groups excluding carboxylic acids is 1. The third-order valence-corrected chi connectivity index (χ3v) is 4.99. The molecule has 0 aliphatic rings. The molecule has 0 rings (SSSR count). The van der Waals surface area contributed by atoms with Crippen molar-refractivity contribution in [3.8, 4) is 0 Å². The molecule has 0 amide bonds. The number of carbonyl (C=O) groups is 1. The summed E-state index contributed by atoms with van der Waals surface area (Å²) in [6.07, 6.45) is -0.115. The summed E-state index contributed by atoms with van der Waals surface area (Å²) in [6, 6.07) is 0. The van der Waals surface area contributed by atoms with Crippen molar-refractivity contribution in [3.05, 3.63) is 12.2 Å². The lowest BCUT2D eigenvalue weighted by atomic mass is 10.4. The maximum Gasteiger partial charge on any atom is 0.541 e. The van der Waals surface area contributed by atoms with E-state index in [9.17, 15) is 4.79 Å². The molecular formula is C14H28O8Si. The van der Waals surface area contributed by atoms with Crippen molar-refractivity contribution < 1.29 is 37.0 Å². The van der Waals surface area contributed by atoms with Gasteiger partial charge >= 0.3 is 14.8 Å². The van der Waals surface area contributed by atoms with Crippen LogP contribution in [0.2, 0.25) is 0 Å². The minimum absolute atomic E-state index is 0.115. The highest BCUT2D eigenvalue weighted by Gasteiger charge is 2.43. The van der Waals surface area contributed by atoms with Crippen molar-refractivity contribution in [2.24, 2.45) is 0 Å². The summed E-state index contributed by atoms with van der Waals surface area (Å²) < 4.78 is 37.3. The first-order valence-electron chi connectivity index (χ1n) is 7.22. The topological polar surface area (TPSA) is 81.7 Å². The standard InChI is InChI=1S/C14H28O8Si/c1-13(2)14(15)19-12-23(20-9-6-16-3,21-10-7-17-4)22-11-8-18-5/h1,6-12H2,2-5H3. The number of rotatable bonds is 15. The molecule has 0 N–H and O–H groups in total. The van der Waals surface area contributed by atoms with E-state index in [2.05, 4.69) is 6.58 Å². The number of esters is 1. The smallest absolute Gasteiger partial charge is 0.458 e. The molecule has 8 nitrogen and oxygen atoms in total. The molecule has 23 heavy (non-hydrogen) atoms. The highest BCUT2D eigenvalue weighted by atomic mass is 28.4. The SMILES string of the molecule is C=C(C)C(=O)OC[Si](OCCOC)(OCCOC)OCCOC. The van der Waals surface area contributed by atoms with E-state index in [4.69, 9.17) is 32.2 Å². The van der Waals surface area contributed by atoms with Gasteiger partial charge in [0, 0.05) is 26.9 Å². The van der Waals surface area contributed by atoms with Crippen LogP contribution in [0, 0.1) is 0 Å². The Morgan fingerprint density at radius 1 is 0.826 bits per heavy atom. The average Bonchev–Trinajstić information content (AvgIpc) is 2.53. The van der Waals surface area contributed by atoms with Crippen molar-refractivity contribution in [2.75, 3.05) is 67.2 Å². The zero-order chi connectivity index (χ0) is 17.6.